The normalized spacial score (nSPS) is 15.6. The van der Waals surface area contributed by atoms with Gasteiger partial charge in [0.25, 0.3) is 15.9 Å². The first kappa shape index (κ1) is 18.5. The van der Waals surface area contributed by atoms with Gasteiger partial charge in [0.2, 0.25) is 5.09 Å². The Morgan fingerprint density at radius 3 is 2.69 bits per heavy atom. The van der Waals surface area contributed by atoms with Crippen LogP contribution >= 0.6 is 11.3 Å². The summed E-state index contributed by atoms with van der Waals surface area (Å²) in [5.41, 5.74) is 0. The number of methoxy groups -OCH3 is 1. The zero-order valence-corrected chi connectivity index (χ0v) is 15.6. The summed E-state index contributed by atoms with van der Waals surface area (Å²) < 4.78 is 36.2. The highest BCUT2D eigenvalue weighted by atomic mass is 32.2. The van der Waals surface area contributed by atoms with Crippen molar-refractivity contribution < 1.29 is 27.2 Å². The summed E-state index contributed by atoms with van der Waals surface area (Å²) in [6, 6.07) is 2.56. The molecule has 0 atom stereocenters. The quantitative estimate of drug-likeness (QED) is 0.763. The number of anilines is 1. The zero-order valence-electron chi connectivity index (χ0n) is 13.9. The molecule has 2 aromatic rings. The average Bonchev–Trinajstić information content (AvgIpc) is 3.32. The molecule has 0 aliphatic carbocycles. The smallest absolute Gasteiger partial charge is 0.349 e. The van der Waals surface area contributed by atoms with E-state index >= 15 is 0 Å². The number of carbonyl (C=O) groups excluding carboxylic acids is 2. The minimum Gasteiger partial charge on any atom is -0.465 e. The van der Waals surface area contributed by atoms with Crippen molar-refractivity contribution in [3.05, 3.63) is 29.0 Å². The van der Waals surface area contributed by atoms with E-state index in [-0.39, 0.29) is 20.9 Å². The van der Waals surface area contributed by atoms with Crippen LogP contribution in [0.25, 0.3) is 0 Å². The largest absolute Gasteiger partial charge is 0.465 e. The fourth-order valence-electron chi connectivity index (χ4n) is 2.50. The number of nitrogens with zero attached hydrogens (tertiary/aromatic N) is 2. The summed E-state index contributed by atoms with van der Waals surface area (Å²) in [5.74, 6) is -1.37. The van der Waals surface area contributed by atoms with Gasteiger partial charge in [-0.15, -0.1) is 0 Å². The molecule has 0 spiro atoms. The molecule has 26 heavy (non-hydrogen) atoms. The molecular weight excluding hydrogens is 382 g/mol. The molecule has 11 heteroatoms. The van der Waals surface area contributed by atoms with Gasteiger partial charge >= 0.3 is 5.97 Å². The highest BCUT2D eigenvalue weighted by molar-refractivity contribution is 7.89. The number of hydrogen-bond donors (Lipinski definition) is 1. The second kappa shape index (κ2) is 7.56. The number of nitrogens with one attached hydrogen (secondary N) is 1. The lowest BCUT2D eigenvalue weighted by Gasteiger charge is -2.24. The van der Waals surface area contributed by atoms with E-state index in [2.05, 4.69) is 15.0 Å². The number of hydrogen-bond acceptors (Lipinski definition) is 8. The number of rotatable bonds is 5. The van der Waals surface area contributed by atoms with Crippen LogP contribution in [0.4, 0.5) is 5.13 Å². The third-order valence-electron chi connectivity index (χ3n) is 3.83. The molecule has 9 nitrogen and oxygen atoms in total. The predicted molar refractivity (Wildman–Crippen MR) is 92.7 cm³/mol. The van der Waals surface area contributed by atoms with Crippen molar-refractivity contribution in [3.63, 3.8) is 0 Å². The Hall–Kier alpha value is -2.24. The molecule has 1 aliphatic heterocycles. The Balaban J connectivity index is 1.71. The van der Waals surface area contributed by atoms with E-state index in [1.165, 1.54) is 29.7 Å². The molecule has 3 rings (SSSR count). The van der Waals surface area contributed by atoms with Crippen LogP contribution in [0, 0.1) is 0 Å². The second-order valence-electron chi connectivity index (χ2n) is 5.56. The van der Waals surface area contributed by atoms with Gasteiger partial charge in [-0.25, -0.2) is 18.2 Å². The van der Waals surface area contributed by atoms with Crippen LogP contribution in [0.1, 0.15) is 39.5 Å². The molecule has 0 aromatic carbocycles. The molecule has 1 N–H and O–H groups in total. The molecule has 0 radical (unpaired) electrons. The Kier molecular flexibility index (Phi) is 5.39. The van der Waals surface area contributed by atoms with Crippen LogP contribution in [0.3, 0.4) is 0 Å². The maximum atomic E-state index is 12.5. The van der Waals surface area contributed by atoms with Gasteiger partial charge in [0, 0.05) is 13.1 Å². The van der Waals surface area contributed by atoms with Crippen LogP contribution in [-0.4, -0.2) is 49.8 Å². The van der Waals surface area contributed by atoms with Gasteiger partial charge in [0.05, 0.1) is 13.3 Å². The zero-order chi connectivity index (χ0) is 18.7. The number of sulfonamides is 1. The SMILES string of the molecule is COC(=O)c1cnc(NC(=O)c2ccc(S(=O)(=O)N3CCCCC3)o2)s1. The van der Waals surface area contributed by atoms with E-state index in [9.17, 15) is 18.0 Å². The van der Waals surface area contributed by atoms with Crippen molar-refractivity contribution in [2.24, 2.45) is 0 Å². The fraction of sp³-hybridized carbons (Fsp3) is 0.400. The van der Waals surface area contributed by atoms with Crippen LogP contribution in [0.2, 0.25) is 0 Å². The highest BCUT2D eigenvalue weighted by Gasteiger charge is 2.29. The van der Waals surface area contributed by atoms with Crippen molar-refractivity contribution in [2.75, 3.05) is 25.5 Å². The number of piperidine rings is 1. The van der Waals surface area contributed by atoms with Crippen molar-refractivity contribution in [1.82, 2.24) is 9.29 Å². The van der Waals surface area contributed by atoms with Gasteiger partial charge in [-0.3, -0.25) is 10.1 Å². The molecule has 1 saturated heterocycles. The molecule has 3 heterocycles. The molecule has 140 valence electrons. The Bertz CT molecular complexity index is 911. The summed E-state index contributed by atoms with van der Waals surface area (Å²) in [6.45, 7) is 0.889. The molecule has 0 bridgehead atoms. The predicted octanol–water partition coefficient (Wildman–Crippen LogP) is 1.95. The van der Waals surface area contributed by atoms with E-state index in [0.717, 1.165) is 30.6 Å². The number of thiazole rings is 1. The van der Waals surface area contributed by atoms with E-state index in [1.807, 2.05) is 0 Å². The van der Waals surface area contributed by atoms with E-state index < -0.39 is 21.9 Å². The first-order chi connectivity index (χ1) is 12.4. The third kappa shape index (κ3) is 3.79. The minimum absolute atomic E-state index is 0.157. The maximum Gasteiger partial charge on any atom is 0.349 e. The van der Waals surface area contributed by atoms with E-state index in [0.29, 0.717) is 13.1 Å². The molecule has 0 saturated carbocycles. The van der Waals surface area contributed by atoms with Gasteiger partial charge < -0.3 is 9.15 Å². The number of carbonyl (C=O) groups is 2. The summed E-state index contributed by atoms with van der Waals surface area (Å²) in [6.07, 6.45) is 3.89. The van der Waals surface area contributed by atoms with Crippen LogP contribution in [0.15, 0.2) is 27.8 Å². The summed E-state index contributed by atoms with van der Waals surface area (Å²) in [7, 11) is -2.50. The van der Waals surface area contributed by atoms with Crippen molar-refractivity contribution in [3.8, 4) is 0 Å². The minimum atomic E-state index is -3.75. The monoisotopic (exact) mass is 399 g/mol. The topological polar surface area (TPSA) is 119 Å². The number of aromatic nitrogens is 1. The second-order valence-corrected chi connectivity index (χ2v) is 8.46. The van der Waals surface area contributed by atoms with Crippen LogP contribution in [-0.2, 0) is 14.8 Å². The fourth-order valence-corrected chi connectivity index (χ4v) is 4.66. The molecule has 1 fully saturated rings. The Morgan fingerprint density at radius 2 is 2.00 bits per heavy atom. The first-order valence-corrected chi connectivity index (χ1v) is 10.1. The Morgan fingerprint density at radius 1 is 1.27 bits per heavy atom. The van der Waals surface area contributed by atoms with Gasteiger partial charge in [0.1, 0.15) is 4.88 Å². The summed E-state index contributed by atoms with van der Waals surface area (Å²) in [4.78, 5) is 27.7. The van der Waals surface area contributed by atoms with Gasteiger partial charge in [-0.1, -0.05) is 17.8 Å². The molecule has 2 aromatic heterocycles. The van der Waals surface area contributed by atoms with Crippen molar-refractivity contribution in [1.29, 1.82) is 0 Å². The number of esters is 1. The lowest BCUT2D eigenvalue weighted by molar-refractivity contribution is 0.0606. The van der Waals surface area contributed by atoms with E-state index in [1.54, 1.807) is 0 Å². The lowest BCUT2D eigenvalue weighted by atomic mass is 10.2. The van der Waals surface area contributed by atoms with Crippen molar-refractivity contribution >= 4 is 38.4 Å². The number of amides is 1. The third-order valence-corrected chi connectivity index (χ3v) is 6.49. The van der Waals surface area contributed by atoms with E-state index in [4.69, 9.17) is 4.42 Å². The molecule has 0 unspecified atom stereocenters. The lowest BCUT2D eigenvalue weighted by Crippen LogP contribution is -2.35. The summed E-state index contributed by atoms with van der Waals surface area (Å²) >= 11 is 0.938. The van der Waals surface area contributed by atoms with Crippen LogP contribution < -0.4 is 5.32 Å². The average molecular weight is 399 g/mol. The first-order valence-electron chi connectivity index (χ1n) is 7.87. The van der Waals surface area contributed by atoms with Gasteiger partial charge in [-0.05, 0) is 25.0 Å². The molecular formula is C15H17N3O6S2. The molecule has 1 amide bonds. The maximum absolute atomic E-state index is 12.5. The summed E-state index contributed by atoms with van der Waals surface area (Å²) in [5, 5.41) is 2.37. The number of ether oxygens (including phenoxy) is 1. The number of furan rings is 1. The van der Waals surface area contributed by atoms with Crippen LogP contribution in [0.5, 0.6) is 0 Å². The highest BCUT2D eigenvalue weighted by Crippen LogP contribution is 2.24. The van der Waals surface area contributed by atoms with Crippen molar-refractivity contribution in [2.45, 2.75) is 24.4 Å². The van der Waals surface area contributed by atoms with Gasteiger partial charge in [0.15, 0.2) is 10.9 Å². The van der Waals surface area contributed by atoms with Gasteiger partial charge in [-0.2, -0.15) is 4.31 Å². The molecule has 1 aliphatic rings. The Labute approximate surface area is 154 Å². The standard InChI is InChI=1S/C15H17N3O6S2/c1-23-14(20)11-9-16-15(25-11)17-13(19)10-5-6-12(24-10)26(21,22)18-7-3-2-4-8-18/h5-6,9H,2-4,7-8H2,1H3,(H,16,17,19).